The van der Waals surface area contributed by atoms with E-state index >= 15 is 0 Å². The first-order valence-electron chi connectivity index (χ1n) is 7.48. The van der Waals surface area contributed by atoms with E-state index in [1.165, 1.54) is 11.3 Å². The lowest BCUT2D eigenvalue weighted by atomic mass is 10.2. The minimum atomic E-state index is 0.439. The van der Waals surface area contributed by atoms with Crippen molar-refractivity contribution in [3.8, 4) is 5.75 Å². The number of thioether (sulfide) groups is 2. The van der Waals surface area contributed by atoms with Gasteiger partial charge in [-0.15, -0.1) is 10.2 Å². The van der Waals surface area contributed by atoms with E-state index in [4.69, 9.17) is 4.74 Å². The van der Waals surface area contributed by atoms with E-state index in [1.807, 2.05) is 35.7 Å². The number of ether oxygens (including phenoxy) is 1. The number of benzene rings is 1. The van der Waals surface area contributed by atoms with Crippen LogP contribution in [0.1, 0.15) is 16.4 Å². The third kappa shape index (κ3) is 3.42. The molecule has 0 amide bonds. The molecule has 0 saturated carbocycles. The van der Waals surface area contributed by atoms with Crippen molar-refractivity contribution >= 4 is 44.2 Å². The summed E-state index contributed by atoms with van der Waals surface area (Å²) >= 11 is 5.01. The number of fused-ring (bicyclic) bond motifs is 1. The maximum absolute atomic E-state index is 5.86. The fraction of sp³-hybridized carbons (Fsp3) is 0.333. The van der Waals surface area contributed by atoms with Crippen molar-refractivity contribution < 1.29 is 4.74 Å². The predicted octanol–water partition coefficient (Wildman–Crippen LogP) is 3.41. The summed E-state index contributed by atoms with van der Waals surface area (Å²) in [5.74, 6) is 3.54. The van der Waals surface area contributed by atoms with Crippen LogP contribution in [-0.4, -0.2) is 36.5 Å². The first kappa shape index (κ1) is 15.9. The molecule has 0 saturated heterocycles. The lowest BCUT2D eigenvalue weighted by Crippen LogP contribution is -2.00. The lowest BCUT2D eigenvalue weighted by molar-refractivity contribution is 0.302. The number of hydrogen-bond acceptors (Lipinski definition) is 8. The van der Waals surface area contributed by atoms with E-state index in [1.54, 1.807) is 23.5 Å². The molecule has 1 aliphatic rings. The van der Waals surface area contributed by atoms with Crippen LogP contribution in [0.15, 0.2) is 29.3 Å². The van der Waals surface area contributed by atoms with Gasteiger partial charge < -0.3 is 4.74 Å². The van der Waals surface area contributed by atoms with Crippen molar-refractivity contribution in [2.45, 2.75) is 19.3 Å². The smallest absolute Gasteiger partial charge is 0.234 e. The standard InChI is InChI=1S/C15H15N5OS3/c1-10-4-2-3-5-11(10)21-8-13-19-20-12(17-18-14(20)24-13)9-23-15-16-6-7-22-15/h2-5H,6-9H2,1H3. The lowest BCUT2D eigenvalue weighted by Gasteiger charge is -2.06. The molecular formula is C15H15N5OS3. The Morgan fingerprint density at radius 1 is 1.29 bits per heavy atom. The summed E-state index contributed by atoms with van der Waals surface area (Å²) in [6.45, 7) is 3.39. The number of hydrogen-bond donors (Lipinski definition) is 0. The van der Waals surface area contributed by atoms with Crippen LogP contribution >= 0.6 is 34.9 Å². The van der Waals surface area contributed by atoms with E-state index in [2.05, 4.69) is 20.3 Å². The summed E-state index contributed by atoms with van der Waals surface area (Å²) in [5.41, 5.74) is 1.12. The molecule has 1 aliphatic heterocycles. The van der Waals surface area contributed by atoms with Crippen LogP contribution in [0.25, 0.3) is 4.96 Å². The maximum Gasteiger partial charge on any atom is 0.234 e. The van der Waals surface area contributed by atoms with Crippen LogP contribution in [0.5, 0.6) is 5.75 Å². The summed E-state index contributed by atoms with van der Waals surface area (Å²) < 4.78 is 8.81. The highest BCUT2D eigenvalue weighted by molar-refractivity contribution is 8.38. The molecule has 3 aromatic rings. The minimum Gasteiger partial charge on any atom is -0.486 e. The second kappa shape index (κ2) is 7.12. The second-order valence-corrected chi connectivity index (χ2v) is 8.49. The van der Waals surface area contributed by atoms with Gasteiger partial charge in [-0.1, -0.05) is 53.1 Å². The van der Waals surface area contributed by atoms with Crippen molar-refractivity contribution in [3.63, 3.8) is 0 Å². The zero-order chi connectivity index (χ0) is 16.4. The third-order valence-electron chi connectivity index (χ3n) is 3.42. The second-order valence-electron chi connectivity index (χ2n) is 5.15. The Kier molecular flexibility index (Phi) is 4.72. The molecule has 2 aromatic heterocycles. The first-order valence-corrected chi connectivity index (χ1v) is 10.3. The molecule has 4 rings (SSSR count). The molecule has 1 aromatic carbocycles. The third-order valence-corrected chi connectivity index (χ3v) is 6.55. The molecule has 3 heterocycles. The average Bonchev–Trinajstić information content (AvgIpc) is 3.30. The molecular weight excluding hydrogens is 362 g/mol. The van der Waals surface area contributed by atoms with Gasteiger partial charge in [-0.05, 0) is 18.6 Å². The monoisotopic (exact) mass is 377 g/mol. The van der Waals surface area contributed by atoms with Gasteiger partial charge in [-0.3, -0.25) is 4.99 Å². The number of para-hydroxylation sites is 1. The molecule has 0 spiro atoms. The highest BCUT2D eigenvalue weighted by Gasteiger charge is 2.15. The highest BCUT2D eigenvalue weighted by Crippen LogP contribution is 2.26. The molecule has 0 N–H and O–H groups in total. The van der Waals surface area contributed by atoms with Gasteiger partial charge in [0.2, 0.25) is 4.96 Å². The molecule has 0 atom stereocenters. The molecule has 24 heavy (non-hydrogen) atoms. The normalized spacial score (nSPS) is 14.3. The number of aromatic nitrogens is 4. The van der Waals surface area contributed by atoms with Crippen molar-refractivity contribution in [2.75, 3.05) is 12.3 Å². The van der Waals surface area contributed by atoms with E-state index in [0.29, 0.717) is 6.61 Å². The van der Waals surface area contributed by atoms with Gasteiger partial charge in [0, 0.05) is 5.75 Å². The number of aliphatic imine (C=N–C) groups is 1. The Hall–Kier alpha value is -1.58. The van der Waals surface area contributed by atoms with Crippen LogP contribution in [0.4, 0.5) is 0 Å². The van der Waals surface area contributed by atoms with Gasteiger partial charge in [-0.25, -0.2) is 0 Å². The Morgan fingerprint density at radius 3 is 3.04 bits per heavy atom. The Labute approximate surface area is 151 Å². The molecule has 9 heteroatoms. The summed E-state index contributed by atoms with van der Waals surface area (Å²) in [4.78, 5) is 5.24. The molecule has 0 radical (unpaired) electrons. The van der Waals surface area contributed by atoms with Crippen molar-refractivity contribution in [1.29, 1.82) is 0 Å². The quantitative estimate of drug-likeness (QED) is 0.679. The Bertz CT molecular complexity index is 888. The first-order chi connectivity index (χ1) is 11.8. The Morgan fingerprint density at radius 2 is 2.21 bits per heavy atom. The molecule has 0 fully saturated rings. The fourth-order valence-electron chi connectivity index (χ4n) is 2.23. The SMILES string of the molecule is Cc1ccccc1OCc1nn2c(CSC3=NCCS3)nnc2s1. The largest absolute Gasteiger partial charge is 0.486 e. The van der Waals surface area contributed by atoms with Gasteiger partial charge in [0.05, 0.1) is 12.3 Å². The maximum atomic E-state index is 5.86. The van der Waals surface area contributed by atoms with E-state index in [0.717, 1.165) is 49.5 Å². The molecule has 0 unspecified atom stereocenters. The van der Waals surface area contributed by atoms with Crippen LogP contribution in [-0.2, 0) is 12.4 Å². The average molecular weight is 378 g/mol. The Balaban J connectivity index is 1.44. The zero-order valence-electron chi connectivity index (χ0n) is 13.0. The van der Waals surface area contributed by atoms with Gasteiger partial charge in [-0.2, -0.15) is 9.61 Å². The van der Waals surface area contributed by atoms with Gasteiger partial charge in [0.15, 0.2) is 10.8 Å². The summed E-state index contributed by atoms with van der Waals surface area (Å²) in [6, 6.07) is 7.98. The summed E-state index contributed by atoms with van der Waals surface area (Å²) in [6.07, 6.45) is 0. The van der Waals surface area contributed by atoms with E-state index in [9.17, 15) is 0 Å². The fourth-order valence-corrected chi connectivity index (χ4v) is 4.91. The zero-order valence-corrected chi connectivity index (χ0v) is 15.5. The van der Waals surface area contributed by atoms with Crippen molar-refractivity contribution in [3.05, 3.63) is 40.7 Å². The number of rotatable bonds is 5. The molecule has 0 bridgehead atoms. The highest BCUT2D eigenvalue weighted by atomic mass is 32.2. The minimum absolute atomic E-state index is 0.439. The van der Waals surface area contributed by atoms with Gasteiger partial charge >= 0.3 is 0 Å². The van der Waals surface area contributed by atoms with Crippen LogP contribution in [0.2, 0.25) is 0 Å². The molecule has 124 valence electrons. The van der Waals surface area contributed by atoms with Crippen LogP contribution < -0.4 is 4.74 Å². The van der Waals surface area contributed by atoms with Crippen molar-refractivity contribution in [1.82, 2.24) is 19.8 Å². The molecule has 0 aliphatic carbocycles. The van der Waals surface area contributed by atoms with Crippen LogP contribution in [0, 0.1) is 6.92 Å². The van der Waals surface area contributed by atoms with E-state index < -0.39 is 0 Å². The summed E-state index contributed by atoms with van der Waals surface area (Å²) in [5, 5.41) is 13.9. The predicted molar refractivity (Wildman–Crippen MR) is 100 cm³/mol. The van der Waals surface area contributed by atoms with Crippen LogP contribution in [0.3, 0.4) is 0 Å². The summed E-state index contributed by atoms with van der Waals surface area (Å²) in [7, 11) is 0. The number of nitrogens with zero attached hydrogens (tertiary/aromatic N) is 5. The van der Waals surface area contributed by atoms with Gasteiger partial charge in [0.25, 0.3) is 0 Å². The topological polar surface area (TPSA) is 64.7 Å². The molecule has 6 nitrogen and oxygen atoms in total. The van der Waals surface area contributed by atoms with Crippen molar-refractivity contribution in [2.24, 2.45) is 4.99 Å². The number of aryl methyl sites for hydroxylation is 1. The van der Waals surface area contributed by atoms with Gasteiger partial charge in [0.1, 0.15) is 16.7 Å². The van der Waals surface area contributed by atoms with E-state index in [-0.39, 0.29) is 0 Å².